The van der Waals surface area contributed by atoms with Crippen molar-refractivity contribution in [2.45, 2.75) is 0 Å². The van der Waals surface area contributed by atoms with Crippen molar-refractivity contribution in [1.82, 2.24) is 4.90 Å². The van der Waals surface area contributed by atoms with Crippen LogP contribution in [0.15, 0.2) is 47.2 Å². The molecule has 2 aliphatic heterocycles. The van der Waals surface area contributed by atoms with Gasteiger partial charge >= 0.3 is 0 Å². The molecule has 0 saturated heterocycles. The standard InChI is InChI=1S/C13H9ClN2O/c14-12(17)10-7-15-13-11-4-2-1-3-9(11)5-6-16(13)8-10/h1-6,8H,7H2. The summed E-state index contributed by atoms with van der Waals surface area (Å²) in [4.78, 5) is 17.3. The van der Waals surface area contributed by atoms with Gasteiger partial charge in [0.25, 0.3) is 5.24 Å². The van der Waals surface area contributed by atoms with Crippen LogP contribution in [0.3, 0.4) is 0 Å². The van der Waals surface area contributed by atoms with E-state index in [0.717, 1.165) is 17.0 Å². The molecule has 3 rings (SSSR count). The molecule has 0 amide bonds. The molecule has 0 unspecified atom stereocenters. The van der Waals surface area contributed by atoms with Gasteiger partial charge in [0, 0.05) is 23.5 Å². The number of rotatable bonds is 1. The Hall–Kier alpha value is -1.87. The molecule has 4 heteroatoms. The molecule has 0 aliphatic carbocycles. The Labute approximate surface area is 104 Å². The number of hydrogen-bond acceptors (Lipinski definition) is 3. The SMILES string of the molecule is O=C(Cl)C1=CN2C=Cc3ccccc3C2=NC1. The molecule has 2 heterocycles. The molecular weight excluding hydrogens is 236 g/mol. The summed E-state index contributed by atoms with van der Waals surface area (Å²) < 4.78 is 0. The van der Waals surface area contributed by atoms with Gasteiger partial charge in [-0.05, 0) is 23.2 Å². The van der Waals surface area contributed by atoms with Crippen LogP contribution in [0.5, 0.6) is 0 Å². The summed E-state index contributed by atoms with van der Waals surface area (Å²) in [5.41, 5.74) is 2.73. The highest BCUT2D eigenvalue weighted by Crippen LogP contribution is 2.24. The van der Waals surface area contributed by atoms with Gasteiger partial charge < -0.3 is 4.90 Å². The van der Waals surface area contributed by atoms with E-state index in [1.807, 2.05) is 41.4 Å². The number of halogens is 1. The van der Waals surface area contributed by atoms with Gasteiger partial charge in [0.15, 0.2) is 0 Å². The molecule has 84 valence electrons. The van der Waals surface area contributed by atoms with E-state index in [-0.39, 0.29) is 0 Å². The molecule has 1 aromatic carbocycles. The molecule has 0 fully saturated rings. The topological polar surface area (TPSA) is 32.7 Å². The van der Waals surface area contributed by atoms with Gasteiger partial charge in [-0.2, -0.15) is 0 Å². The van der Waals surface area contributed by atoms with E-state index in [0.29, 0.717) is 12.1 Å². The molecule has 3 nitrogen and oxygen atoms in total. The second-order valence-electron chi connectivity index (χ2n) is 3.88. The molecular formula is C13H9ClN2O. The van der Waals surface area contributed by atoms with Crippen molar-refractivity contribution in [1.29, 1.82) is 0 Å². The minimum Gasteiger partial charge on any atom is -0.308 e. The summed E-state index contributed by atoms with van der Waals surface area (Å²) in [5, 5.41) is -0.444. The zero-order valence-corrected chi connectivity index (χ0v) is 9.69. The zero-order chi connectivity index (χ0) is 11.8. The molecule has 2 aliphatic rings. The third-order valence-electron chi connectivity index (χ3n) is 2.81. The fraction of sp³-hybridized carbons (Fsp3) is 0.0769. The smallest absolute Gasteiger partial charge is 0.251 e. The first-order valence-corrected chi connectivity index (χ1v) is 5.64. The maximum Gasteiger partial charge on any atom is 0.251 e. The Morgan fingerprint density at radius 1 is 1.35 bits per heavy atom. The van der Waals surface area contributed by atoms with Crippen LogP contribution in [-0.2, 0) is 4.79 Å². The lowest BCUT2D eigenvalue weighted by molar-refractivity contribution is -0.108. The zero-order valence-electron chi connectivity index (χ0n) is 8.93. The highest BCUT2D eigenvalue weighted by molar-refractivity contribution is 6.67. The Morgan fingerprint density at radius 2 is 2.18 bits per heavy atom. The number of carbonyl (C=O) groups is 1. The van der Waals surface area contributed by atoms with Crippen LogP contribution in [0.25, 0.3) is 6.08 Å². The van der Waals surface area contributed by atoms with Crippen molar-refractivity contribution >= 4 is 28.8 Å². The van der Waals surface area contributed by atoms with Gasteiger partial charge in [-0.15, -0.1) is 0 Å². The molecule has 1 aromatic rings. The maximum absolute atomic E-state index is 11.1. The van der Waals surface area contributed by atoms with Crippen molar-refractivity contribution in [3.8, 4) is 0 Å². The first kappa shape index (κ1) is 10.3. The predicted octanol–water partition coefficient (Wildman–Crippen LogP) is 2.38. The summed E-state index contributed by atoms with van der Waals surface area (Å²) in [6.07, 6.45) is 5.62. The normalized spacial score (nSPS) is 16.9. The quantitative estimate of drug-likeness (QED) is 0.711. The number of amidine groups is 1. The molecule has 0 bridgehead atoms. The Kier molecular flexibility index (Phi) is 2.34. The van der Waals surface area contributed by atoms with Crippen LogP contribution < -0.4 is 0 Å². The van der Waals surface area contributed by atoms with Crippen molar-refractivity contribution in [3.05, 3.63) is 53.4 Å². The van der Waals surface area contributed by atoms with Gasteiger partial charge in [0.2, 0.25) is 0 Å². The highest BCUT2D eigenvalue weighted by atomic mass is 35.5. The number of nitrogens with zero attached hydrogens (tertiary/aromatic N) is 2. The van der Waals surface area contributed by atoms with Gasteiger partial charge in [0.1, 0.15) is 5.84 Å². The van der Waals surface area contributed by atoms with E-state index in [1.54, 1.807) is 6.20 Å². The lowest BCUT2D eigenvalue weighted by Gasteiger charge is -2.27. The minimum absolute atomic E-state index is 0.344. The van der Waals surface area contributed by atoms with E-state index in [4.69, 9.17) is 11.6 Å². The second kappa shape index (κ2) is 3.86. The van der Waals surface area contributed by atoms with Crippen molar-refractivity contribution in [3.63, 3.8) is 0 Å². The highest BCUT2D eigenvalue weighted by Gasteiger charge is 2.22. The third-order valence-corrected chi connectivity index (χ3v) is 3.05. The molecule has 0 radical (unpaired) electrons. The third kappa shape index (κ3) is 1.68. The Bertz CT molecular complexity index is 587. The maximum atomic E-state index is 11.1. The minimum atomic E-state index is -0.444. The lowest BCUT2D eigenvalue weighted by Crippen LogP contribution is -2.29. The molecule has 0 N–H and O–H groups in total. The number of benzene rings is 1. The monoisotopic (exact) mass is 244 g/mol. The van der Waals surface area contributed by atoms with Gasteiger partial charge in [-0.25, -0.2) is 0 Å². The lowest BCUT2D eigenvalue weighted by atomic mass is 10.0. The molecule has 0 saturated carbocycles. The van der Waals surface area contributed by atoms with Gasteiger partial charge in [-0.3, -0.25) is 9.79 Å². The van der Waals surface area contributed by atoms with Crippen LogP contribution in [0, 0.1) is 0 Å². The van der Waals surface area contributed by atoms with Crippen LogP contribution in [0.4, 0.5) is 0 Å². The van der Waals surface area contributed by atoms with Crippen LogP contribution >= 0.6 is 11.6 Å². The largest absolute Gasteiger partial charge is 0.308 e. The molecule has 0 spiro atoms. The molecule has 0 atom stereocenters. The second-order valence-corrected chi connectivity index (χ2v) is 4.22. The van der Waals surface area contributed by atoms with E-state index < -0.39 is 5.24 Å². The van der Waals surface area contributed by atoms with E-state index in [9.17, 15) is 4.79 Å². The van der Waals surface area contributed by atoms with E-state index in [2.05, 4.69) is 4.99 Å². The average Bonchev–Trinajstić information content (AvgIpc) is 2.38. The Morgan fingerprint density at radius 3 is 3.00 bits per heavy atom. The predicted molar refractivity (Wildman–Crippen MR) is 67.7 cm³/mol. The van der Waals surface area contributed by atoms with Gasteiger partial charge in [-0.1, -0.05) is 24.3 Å². The number of carbonyl (C=O) groups excluding carboxylic acids is 1. The van der Waals surface area contributed by atoms with Crippen molar-refractivity contribution < 1.29 is 4.79 Å². The van der Waals surface area contributed by atoms with Crippen LogP contribution in [0.2, 0.25) is 0 Å². The van der Waals surface area contributed by atoms with Crippen LogP contribution in [0.1, 0.15) is 11.1 Å². The fourth-order valence-electron chi connectivity index (χ4n) is 1.97. The summed E-state index contributed by atoms with van der Waals surface area (Å²) in [7, 11) is 0. The first-order chi connectivity index (χ1) is 8.25. The van der Waals surface area contributed by atoms with E-state index in [1.165, 1.54) is 0 Å². The fourth-order valence-corrected chi connectivity index (χ4v) is 2.08. The molecule has 17 heavy (non-hydrogen) atoms. The summed E-state index contributed by atoms with van der Waals surface area (Å²) in [5.74, 6) is 0.866. The summed E-state index contributed by atoms with van der Waals surface area (Å²) in [6, 6.07) is 8.03. The molecule has 0 aromatic heterocycles. The summed E-state index contributed by atoms with van der Waals surface area (Å²) >= 11 is 5.46. The first-order valence-electron chi connectivity index (χ1n) is 5.26. The van der Waals surface area contributed by atoms with Gasteiger partial charge in [0.05, 0.1) is 6.54 Å². The number of fused-ring (bicyclic) bond motifs is 3. The van der Waals surface area contributed by atoms with Crippen molar-refractivity contribution in [2.75, 3.05) is 6.54 Å². The number of hydrogen-bond donors (Lipinski definition) is 0. The average molecular weight is 245 g/mol. The van der Waals surface area contributed by atoms with Crippen molar-refractivity contribution in [2.24, 2.45) is 4.99 Å². The number of aliphatic imine (C=N–C) groups is 1. The van der Waals surface area contributed by atoms with Crippen LogP contribution in [-0.4, -0.2) is 22.5 Å². The van der Waals surface area contributed by atoms with E-state index >= 15 is 0 Å². The summed E-state index contributed by atoms with van der Waals surface area (Å²) in [6.45, 7) is 0.344. The Balaban J connectivity index is 2.06.